The van der Waals surface area contributed by atoms with E-state index in [1.807, 2.05) is 12.1 Å². The van der Waals surface area contributed by atoms with Crippen LogP contribution in [0.3, 0.4) is 0 Å². The van der Waals surface area contributed by atoms with Gasteiger partial charge in [0.05, 0.1) is 5.69 Å². The summed E-state index contributed by atoms with van der Waals surface area (Å²) in [6, 6.07) is 71.8. The zero-order valence-corrected chi connectivity index (χ0v) is 28.4. The molecule has 0 atom stereocenters. The van der Waals surface area contributed by atoms with Crippen LogP contribution in [0.5, 0.6) is 0 Å². The predicted molar refractivity (Wildman–Crippen MR) is 220 cm³/mol. The second-order valence-electron chi connectivity index (χ2n) is 13.3. The van der Waals surface area contributed by atoms with E-state index in [-0.39, 0.29) is 0 Å². The van der Waals surface area contributed by atoms with Crippen LogP contribution in [0.1, 0.15) is 0 Å². The first kappa shape index (κ1) is 30.0. The summed E-state index contributed by atoms with van der Waals surface area (Å²) in [5.41, 5.74) is 12.0. The summed E-state index contributed by atoms with van der Waals surface area (Å²) in [5.74, 6) is 0. The van der Waals surface area contributed by atoms with Crippen molar-refractivity contribution >= 4 is 60.5 Å². The van der Waals surface area contributed by atoms with E-state index in [4.69, 9.17) is 4.42 Å². The molecule has 0 spiro atoms. The Morgan fingerprint density at radius 2 is 0.942 bits per heavy atom. The number of fused-ring (bicyclic) bond motifs is 5. The van der Waals surface area contributed by atoms with Gasteiger partial charge in [0.25, 0.3) is 0 Å². The molecule has 10 rings (SSSR count). The lowest BCUT2D eigenvalue weighted by Crippen LogP contribution is -2.11. The molecule has 2 nitrogen and oxygen atoms in total. The van der Waals surface area contributed by atoms with Gasteiger partial charge in [-0.1, -0.05) is 158 Å². The van der Waals surface area contributed by atoms with Gasteiger partial charge in [0.15, 0.2) is 0 Å². The fourth-order valence-corrected chi connectivity index (χ4v) is 7.75. The topological polar surface area (TPSA) is 16.4 Å². The van der Waals surface area contributed by atoms with Crippen LogP contribution >= 0.6 is 0 Å². The van der Waals surface area contributed by atoms with Gasteiger partial charge in [0.1, 0.15) is 11.2 Å². The van der Waals surface area contributed by atoms with Crippen LogP contribution in [-0.4, -0.2) is 0 Å². The zero-order chi connectivity index (χ0) is 34.4. The van der Waals surface area contributed by atoms with Crippen molar-refractivity contribution in [3.05, 3.63) is 200 Å². The highest BCUT2D eigenvalue weighted by molar-refractivity contribution is 6.09. The Bertz CT molecular complexity index is 2910. The SMILES string of the molecule is c1cc(-c2cccc3ccccc23)cc(N(c2ccc(-c3cccc4c3oc3ccccc34)cc2)c2ccccc2-c2ccc3ccccc3c2)c1. The molecule has 0 radical (unpaired) electrons. The Morgan fingerprint density at radius 1 is 0.327 bits per heavy atom. The lowest BCUT2D eigenvalue weighted by Gasteiger charge is -2.28. The smallest absolute Gasteiger partial charge is 0.143 e. The zero-order valence-electron chi connectivity index (χ0n) is 28.4. The minimum Gasteiger partial charge on any atom is -0.455 e. The number of nitrogens with zero attached hydrogens (tertiary/aromatic N) is 1. The molecule has 0 saturated carbocycles. The van der Waals surface area contributed by atoms with E-state index in [9.17, 15) is 0 Å². The lowest BCUT2D eigenvalue weighted by atomic mass is 9.96. The number of para-hydroxylation sites is 3. The van der Waals surface area contributed by atoms with E-state index < -0.39 is 0 Å². The lowest BCUT2D eigenvalue weighted by molar-refractivity contribution is 0.670. The van der Waals surface area contributed by atoms with Gasteiger partial charge in [-0.25, -0.2) is 0 Å². The summed E-state index contributed by atoms with van der Waals surface area (Å²) in [7, 11) is 0. The Balaban J connectivity index is 1.14. The normalized spacial score (nSPS) is 11.5. The van der Waals surface area contributed by atoms with Crippen LogP contribution in [0.4, 0.5) is 17.1 Å². The molecule has 0 N–H and O–H groups in total. The second kappa shape index (κ2) is 12.5. The number of rotatable bonds is 6. The summed E-state index contributed by atoms with van der Waals surface area (Å²) < 4.78 is 6.42. The number of hydrogen-bond acceptors (Lipinski definition) is 2. The maximum atomic E-state index is 6.42. The molecule has 0 amide bonds. The van der Waals surface area contributed by atoms with Gasteiger partial charge >= 0.3 is 0 Å². The Hall–Kier alpha value is -6.90. The Labute approximate surface area is 302 Å². The van der Waals surface area contributed by atoms with Crippen LogP contribution in [0.2, 0.25) is 0 Å². The van der Waals surface area contributed by atoms with Gasteiger partial charge in [-0.2, -0.15) is 0 Å². The third-order valence-corrected chi connectivity index (χ3v) is 10.3. The summed E-state index contributed by atoms with van der Waals surface area (Å²) in [6.45, 7) is 0. The van der Waals surface area contributed by atoms with Gasteiger partial charge in [-0.15, -0.1) is 0 Å². The fraction of sp³-hybridized carbons (Fsp3) is 0. The molecule has 9 aromatic carbocycles. The van der Waals surface area contributed by atoms with Crippen LogP contribution in [0.25, 0.3) is 76.9 Å². The molecule has 1 aromatic heterocycles. The van der Waals surface area contributed by atoms with Crippen molar-refractivity contribution in [2.24, 2.45) is 0 Å². The Morgan fingerprint density at radius 3 is 1.85 bits per heavy atom. The van der Waals surface area contributed by atoms with Gasteiger partial charge in [0.2, 0.25) is 0 Å². The van der Waals surface area contributed by atoms with Crippen LogP contribution in [0, 0.1) is 0 Å². The molecule has 1 heterocycles. The molecule has 244 valence electrons. The third-order valence-electron chi connectivity index (χ3n) is 10.3. The summed E-state index contributed by atoms with van der Waals surface area (Å²) in [6.07, 6.45) is 0. The molecule has 0 fully saturated rings. The highest BCUT2D eigenvalue weighted by Gasteiger charge is 2.19. The largest absolute Gasteiger partial charge is 0.455 e. The van der Waals surface area contributed by atoms with Gasteiger partial charge < -0.3 is 9.32 Å². The van der Waals surface area contributed by atoms with Crippen molar-refractivity contribution in [1.29, 1.82) is 0 Å². The first-order valence-electron chi connectivity index (χ1n) is 17.8. The third kappa shape index (κ3) is 5.12. The monoisotopic (exact) mass is 663 g/mol. The minimum atomic E-state index is 0.907. The van der Waals surface area contributed by atoms with Gasteiger partial charge in [-0.3, -0.25) is 0 Å². The van der Waals surface area contributed by atoms with E-state index in [0.29, 0.717) is 0 Å². The average Bonchev–Trinajstić information content (AvgIpc) is 3.60. The molecule has 0 aliphatic heterocycles. The van der Waals surface area contributed by atoms with E-state index in [0.717, 1.165) is 50.1 Å². The molecule has 0 saturated heterocycles. The fourth-order valence-electron chi connectivity index (χ4n) is 7.75. The first-order valence-corrected chi connectivity index (χ1v) is 17.8. The Kier molecular flexibility index (Phi) is 7.18. The molecule has 52 heavy (non-hydrogen) atoms. The molecule has 10 aromatic rings. The summed E-state index contributed by atoms with van der Waals surface area (Å²) in [4.78, 5) is 2.39. The van der Waals surface area contributed by atoms with Gasteiger partial charge in [0, 0.05) is 33.3 Å². The van der Waals surface area contributed by atoms with Crippen molar-refractivity contribution in [3.63, 3.8) is 0 Å². The number of furan rings is 1. The molecule has 0 bridgehead atoms. The van der Waals surface area contributed by atoms with Crippen molar-refractivity contribution in [2.75, 3.05) is 4.90 Å². The highest BCUT2D eigenvalue weighted by atomic mass is 16.3. The molecular formula is C50H33NO. The maximum absolute atomic E-state index is 6.42. The predicted octanol–water partition coefficient (Wildman–Crippen LogP) is 14.4. The standard InChI is InChI=1S/C50H33NO/c1-2-14-37-32-39(27-26-34(37)12-1)44-19-5-7-24-48(44)51(41-17-9-16-38(33-41)43-21-10-15-35-13-3-4-18-42(35)43)40-30-28-36(29-31-40)45-22-11-23-47-46-20-6-8-25-49(46)52-50(45)47/h1-33H. The van der Waals surface area contributed by atoms with Crippen LogP contribution in [0.15, 0.2) is 205 Å². The molecule has 0 aliphatic rings. The molecular weight excluding hydrogens is 631 g/mol. The van der Waals surface area contributed by atoms with Crippen LogP contribution in [-0.2, 0) is 0 Å². The van der Waals surface area contributed by atoms with Gasteiger partial charge in [-0.05, 0) is 86.3 Å². The van der Waals surface area contributed by atoms with E-state index in [1.54, 1.807) is 0 Å². The van der Waals surface area contributed by atoms with Crippen molar-refractivity contribution in [1.82, 2.24) is 0 Å². The summed E-state index contributed by atoms with van der Waals surface area (Å²) >= 11 is 0. The van der Waals surface area contributed by atoms with Crippen molar-refractivity contribution in [2.45, 2.75) is 0 Å². The quantitative estimate of drug-likeness (QED) is 0.176. The average molecular weight is 664 g/mol. The molecule has 0 aliphatic carbocycles. The van der Waals surface area contributed by atoms with E-state index >= 15 is 0 Å². The van der Waals surface area contributed by atoms with Crippen molar-refractivity contribution < 1.29 is 4.42 Å². The molecule has 2 heteroatoms. The van der Waals surface area contributed by atoms with E-state index in [2.05, 4.69) is 193 Å². The first-order chi connectivity index (χ1) is 25.8. The summed E-state index contributed by atoms with van der Waals surface area (Å²) in [5, 5.41) is 7.21. The molecule has 0 unspecified atom stereocenters. The highest BCUT2D eigenvalue weighted by Crippen LogP contribution is 2.44. The maximum Gasteiger partial charge on any atom is 0.143 e. The van der Waals surface area contributed by atoms with Crippen LogP contribution < -0.4 is 4.90 Å². The number of anilines is 3. The number of benzene rings is 9. The second-order valence-corrected chi connectivity index (χ2v) is 13.3. The van der Waals surface area contributed by atoms with E-state index in [1.165, 1.54) is 43.8 Å². The van der Waals surface area contributed by atoms with Crippen molar-refractivity contribution in [3.8, 4) is 33.4 Å². The number of hydrogen-bond donors (Lipinski definition) is 0. The minimum absolute atomic E-state index is 0.907.